The maximum Gasteiger partial charge on any atom is 0.174 e. The van der Waals surface area contributed by atoms with Crippen molar-refractivity contribution in [3.05, 3.63) is 58.5 Å². The Morgan fingerprint density at radius 1 is 1.06 bits per heavy atom. The second kappa shape index (κ2) is 9.42. The van der Waals surface area contributed by atoms with Gasteiger partial charge in [0.05, 0.1) is 6.61 Å². The summed E-state index contributed by atoms with van der Waals surface area (Å²) in [6, 6.07) is 14.8. The van der Waals surface area contributed by atoms with E-state index in [0.717, 1.165) is 15.0 Å². The zero-order valence-corrected chi connectivity index (χ0v) is 17.8. The van der Waals surface area contributed by atoms with E-state index >= 15 is 0 Å². The van der Waals surface area contributed by atoms with Crippen molar-refractivity contribution in [3.63, 3.8) is 0 Å². The van der Waals surface area contributed by atoms with Gasteiger partial charge in [-0.05, 0) is 23.6 Å². The number of rotatable bonds is 6. The molecule has 5 atom stereocenters. The van der Waals surface area contributed by atoms with Crippen LogP contribution in [0, 0.1) is 11.3 Å². The molecule has 1 saturated heterocycles. The van der Waals surface area contributed by atoms with Crippen LogP contribution in [-0.2, 0) is 11.2 Å². The molecule has 1 aliphatic rings. The highest BCUT2D eigenvalue weighted by atomic mass is 32.1. The van der Waals surface area contributed by atoms with Crippen LogP contribution in [0.15, 0.2) is 42.5 Å². The summed E-state index contributed by atoms with van der Waals surface area (Å²) >= 11 is 1.61. The van der Waals surface area contributed by atoms with E-state index in [4.69, 9.17) is 14.7 Å². The predicted octanol–water partition coefficient (Wildman–Crippen LogP) is 1.61. The summed E-state index contributed by atoms with van der Waals surface area (Å²) in [5.41, 5.74) is 0.832. The lowest BCUT2D eigenvalue weighted by Crippen LogP contribution is -2.55. The molecule has 1 fully saturated rings. The summed E-state index contributed by atoms with van der Waals surface area (Å²) in [6.07, 6.45) is -6.43. The van der Waals surface area contributed by atoms with Gasteiger partial charge in [-0.2, -0.15) is 5.26 Å². The Morgan fingerprint density at radius 2 is 1.84 bits per heavy atom. The average Bonchev–Trinajstić information content (AvgIpc) is 3.20. The van der Waals surface area contributed by atoms with Gasteiger partial charge >= 0.3 is 0 Å². The molecule has 0 spiro atoms. The first-order valence-electron chi connectivity index (χ1n) is 10.1. The molecule has 2 aromatic carbocycles. The minimum atomic E-state index is -1.56. The van der Waals surface area contributed by atoms with Crippen molar-refractivity contribution in [3.8, 4) is 17.6 Å². The number of aliphatic hydroxyl groups is 4. The van der Waals surface area contributed by atoms with Gasteiger partial charge in [-0.3, -0.25) is 0 Å². The van der Waals surface area contributed by atoms with Crippen molar-refractivity contribution < 1.29 is 35.0 Å². The first-order chi connectivity index (χ1) is 15.4. The molecular formula is C23H23NO7S. The molecule has 4 rings (SSSR count). The first-order valence-corrected chi connectivity index (χ1v) is 10.9. The van der Waals surface area contributed by atoms with Gasteiger partial charge in [0.25, 0.3) is 0 Å². The van der Waals surface area contributed by atoms with Crippen LogP contribution in [0.25, 0.3) is 10.1 Å². The third kappa shape index (κ3) is 4.29. The van der Waals surface area contributed by atoms with Gasteiger partial charge in [-0.15, -0.1) is 11.3 Å². The summed E-state index contributed by atoms with van der Waals surface area (Å²) in [5.74, 6) is 0.0530. The Hall–Kier alpha value is -2.71. The lowest BCUT2D eigenvalue weighted by molar-refractivity contribution is -0.232. The van der Waals surface area contributed by atoms with Crippen LogP contribution < -0.4 is 4.74 Å². The van der Waals surface area contributed by atoms with E-state index in [1.807, 2.05) is 30.3 Å². The van der Waals surface area contributed by atoms with E-state index in [9.17, 15) is 25.5 Å². The van der Waals surface area contributed by atoms with E-state index in [1.165, 1.54) is 6.07 Å². The molecule has 8 nitrogen and oxygen atoms in total. The highest BCUT2D eigenvalue weighted by molar-refractivity contribution is 7.19. The maximum absolute atomic E-state index is 10.6. The standard InChI is InChI=1S/C23H23NO7S/c24-5-6-30-17-10-16(26)15(23-22(29)21(28)20(27)18(11-25)31-23)9-13(17)8-14-7-12-3-1-2-4-19(12)32-14/h1-4,7,9-10,18,20-23,25-29H,6,8,11H2/t18-,20-,21+,22-,23+/m1/s1. The van der Waals surface area contributed by atoms with Gasteiger partial charge in [0.2, 0.25) is 0 Å². The molecule has 9 heteroatoms. The van der Waals surface area contributed by atoms with E-state index in [-0.39, 0.29) is 17.9 Å². The number of thiophene rings is 1. The molecule has 0 bridgehead atoms. The average molecular weight is 458 g/mol. The van der Waals surface area contributed by atoms with Crippen LogP contribution in [0.4, 0.5) is 0 Å². The molecule has 0 unspecified atom stereocenters. The van der Waals surface area contributed by atoms with Crippen molar-refractivity contribution in [1.82, 2.24) is 0 Å². The van der Waals surface area contributed by atoms with Gasteiger partial charge in [-0.1, -0.05) is 18.2 Å². The molecular weight excluding hydrogens is 434 g/mol. The number of phenolic OH excluding ortho intramolecular Hbond substituents is 1. The number of fused-ring (bicyclic) bond motifs is 1. The number of hydrogen-bond donors (Lipinski definition) is 5. The van der Waals surface area contributed by atoms with Gasteiger partial charge in [0.1, 0.15) is 48.1 Å². The summed E-state index contributed by atoms with van der Waals surface area (Å²) < 4.78 is 12.2. The normalized spacial score (nSPS) is 25.5. The SMILES string of the molecule is N#CCOc1cc(O)c([C@@H]2O[C@H](CO)[C@@H](O)[C@H](O)[C@H]2O)cc1Cc1cc2ccccc2s1. The van der Waals surface area contributed by atoms with Crippen LogP contribution in [0.5, 0.6) is 11.5 Å². The molecule has 0 aliphatic carbocycles. The quantitative estimate of drug-likeness (QED) is 0.376. The number of nitrogens with zero attached hydrogens (tertiary/aromatic N) is 1. The number of hydrogen-bond acceptors (Lipinski definition) is 9. The summed E-state index contributed by atoms with van der Waals surface area (Å²) in [6.45, 7) is -0.779. The fourth-order valence-corrected chi connectivity index (χ4v) is 5.00. The van der Waals surface area contributed by atoms with Gasteiger partial charge < -0.3 is 35.0 Å². The predicted molar refractivity (Wildman–Crippen MR) is 117 cm³/mol. The van der Waals surface area contributed by atoms with E-state index in [0.29, 0.717) is 17.7 Å². The molecule has 0 saturated carbocycles. The summed E-state index contributed by atoms with van der Waals surface area (Å²) in [7, 11) is 0. The molecule has 1 aliphatic heterocycles. The van der Waals surface area contributed by atoms with E-state index in [2.05, 4.69) is 6.07 Å². The molecule has 2 heterocycles. The summed E-state index contributed by atoms with van der Waals surface area (Å²) in [4.78, 5) is 1.03. The van der Waals surface area contributed by atoms with E-state index < -0.39 is 37.1 Å². The number of ether oxygens (including phenoxy) is 2. The van der Waals surface area contributed by atoms with Crippen molar-refractivity contribution in [1.29, 1.82) is 5.26 Å². The van der Waals surface area contributed by atoms with Crippen LogP contribution in [0.3, 0.4) is 0 Å². The van der Waals surface area contributed by atoms with E-state index in [1.54, 1.807) is 17.4 Å². The first kappa shape index (κ1) is 22.5. The number of nitriles is 1. The van der Waals surface area contributed by atoms with Crippen molar-refractivity contribution in [2.24, 2.45) is 0 Å². The maximum atomic E-state index is 10.6. The van der Waals surface area contributed by atoms with Crippen molar-refractivity contribution in [2.45, 2.75) is 36.9 Å². The van der Waals surface area contributed by atoms with Crippen LogP contribution in [-0.4, -0.2) is 63.2 Å². The Labute approximate surface area is 188 Å². The largest absolute Gasteiger partial charge is 0.507 e. The minimum Gasteiger partial charge on any atom is -0.507 e. The Balaban J connectivity index is 1.73. The molecule has 0 amide bonds. The molecule has 1 aromatic heterocycles. The Bertz CT molecular complexity index is 1110. The van der Waals surface area contributed by atoms with Gasteiger partial charge in [-0.25, -0.2) is 0 Å². The lowest BCUT2D eigenvalue weighted by atomic mass is 9.89. The molecule has 0 radical (unpaired) electrons. The van der Waals surface area contributed by atoms with Crippen molar-refractivity contribution in [2.75, 3.05) is 13.2 Å². The Morgan fingerprint density at radius 3 is 2.56 bits per heavy atom. The topological polar surface area (TPSA) is 143 Å². The number of benzene rings is 2. The second-order valence-electron chi connectivity index (χ2n) is 7.64. The highest BCUT2D eigenvalue weighted by Crippen LogP contribution is 2.41. The minimum absolute atomic E-state index is 0.183. The van der Waals surface area contributed by atoms with Gasteiger partial charge in [0.15, 0.2) is 6.61 Å². The molecule has 168 valence electrons. The molecule has 5 N–H and O–H groups in total. The number of aromatic hydroxyl groups is 1. The Kier molecular flexibility index (Phi) is 6.62. The fraction of sp³-hybridized carbons (Fsp3) is 0.348. The monoisotopic (exact) mass is 457 g/mol. The number of phenols is 1. The second-order valence-corrected chi connectivity index (χ2v) is 8.81. The third-order valence-corrected chi connectivity index (χ3v) is 6.66. The summed E-state index contributed by atoms with van der Waals surface area (Å²) in [5, 5.41) is 60.8. The zero-order chi connectivity index (χ0) is 22.8. The lowest BCUT2D eigenvalue weighted by Gasteiger charge is -2.40. The van der Waals surface area contributed by atoms with Gasteiger partial charge in [0, 0.05) is 33.2 Å². The van der Waals surface area contributed by atoms with Crippen LogP contribution >= 0.6 is 11.3 Å². The fourth-order valence-electron chi connectivity index (χ4n) is 3.91. The zero-order valence-electron chi connectivity index (χ0n) is 17.0. The highest BCUT2D eigenvalue weighted by Gasteiger charge is 2.44. The molecule has 32 heavy (non-hydrogen) atoms. The third-order valence-electron chi connectivity index (χ3n) is 5.54. The number of aliphatic hydroxyl groups excluding tert-OH is 4. The van der Waals surface area contributed by atoms with Crippen LogP contribution in [0.1, 0.15) is 22.1 Å². The van der Waals surface area contributed by atoms with Crippen LogP contribution in [0.2, 0.25) is 0 Å². The molecule has 3 aromatic rings. The smallest absolute Gasteiger partial charge is 0.174 e. The van der Waals surface area contributed by atoms with Crippen molar-refractivity contribution >= 4 is 21.4 Å².